The molecule has 0 spiro atoms. The van der Waals surface area contributed by atoms with Gasteiger partial charge < -0.3 is 0 Å². The van der Waals surface area contributed by atoms with Crippen LogP contribution in [-0.4, -0.2) is 37.3 Å². The van der Waals surface area contributed by atoms with E-state index in [1.165, 1.54) is 4.31 Å². The Morgan fingerprint density at radius 1 is 1.50 bits per heavy atom. The molecule has 2 rings (SSSR count). The summed E-state index contributed by atoms with van der Waals surface area (Å²) in [6, 6.07) is 4.90. The summed E-state index contributed by atoms with van der Waals surface area (Å²) in [5.74, 6) is 1.86. The Hall–Kier alpha value is 0.250. The van der Waals surface area contributed by atoms with Crippen LogP contribution in [0.5, 0.6) is 0 Å². The first-order valence-corrected chi connectivity index (χ1v) is 9.20. The molecule has 100 valence electrons. The van der Waals surface area contributed by atoms with E-state index in [0.29, 0.717) is 0 Å². The van der Waals surface area contributed by atoms with E-state index < -0.39 is 10.0 Å². The predicted molar refractivity (Wildman–Crippen MR) is 79.8 cm³/mol. The third-order valence-corrected chi connectivity index (χ3v) is 7.00. The summed E-state index contributed by atoms with van der Waals surface area (Å²) in [5, 5.41) is 0.252. The number of halogens is 2. The van der Waals surface area contributed by atoms with Gasteiger partial charge in [-0.15, -0.1) is 0 Å². The van der Waals surface area contributed by atoms with E-state index in [1.807, 2.05) is 0 Å². The van der Waals surface area contributed by atoms with E-state index in [4.69, 9.17) is 11.6 Å². The van der Waals surface area contributed by atoms with Crippen LogP contribution in [0.1, 0.15) is 6.42 Å². The summed E-state index contributed by atoms with van der Waals surface area (Å²) in [5.41, 5.74) is 0. The van der Waals surface area contributed by atoms with Crippen LogP contribution in [0.3, 0.4) is 0 Å². The van der Waals surface area contributed by atoms with E-state index in [2.05, 4.69) is 15.9 Å². The number of thioether (sulfide) groups is 1. The van der Waals surface area contributed by atoms with E-state index >= 15 is 0 Å². The van der Waals surface area contributed by atoms with Crippen molar-refractivity contribution in [2.45, 2.75) is 17.4 Å². The van der Waals surface area contributed by atoms with Gasteiger partial charge in [-0.25, -0.2) is 8.42 Å². The largest absolute Gasteiger partial charge is 0.244 e. The molecule has 1 fully saturated rings. The molecule has 1 aliphatic heterocycles. The Kier molecular flexibility index (Phi) is 4.65. The molecule has 1 heterocycles. The van der Waals surface area contributed by atoms with Gasteiger partial charge in [-0.1, -0.05) is 27.5 Å². The number of hydrogen-bond acceptors (Lipinski definition) is 3. The molecule has 0 saturated carbocycles. The molecule has 1 aromatic carbocycles. The maximum atomic E-state index is 12.5. The molecule has 18 heavy (non-hydrogen) atoms. The second-order valence-electron chi connectivity index (χ2n) is 4.11. The predicted octanol–water partition coefficient (Wildman–Crippen LogP) is 3.23. The van der Waals surface area contributed by atoms with Crippen molar-refractivity contribution >= 4 is 49.3 Å². The third kappa shape index (κ3) is 2.88. The fraction of sp³-hybridized carbons (Fsp3) is 0.455. The number of benzene rings is 1. The molecular weight excluding hydrogens is 358 g/mol. The lowest BCUT2D eigenvalue weighted by Crippen LogP contribution is -2.37. The van der Waals surface area contributed by atoms with Gasteiger partial charge in [-0.3, -0.25) is 0 Å². The van der Waals surface area contributed by atoms with Crippen LogP contribution in [0.25, 0.3) is 0 Å². The summed E-state index contributed by atoms with van der Waals surface area (Å²) in [6.07, 6.45) is 0.897. The average Bonchev–Trinajstić information content (AvgIpc) is 2.80. The first-order chi connectivity index (χ1) is 8.43. The summed E-state index contributed by atoms with van der Waals surface area (Å²) in [7, 11) is -1.87. The normalized spacial score (nSPS) is 20.6. The second kappa shape index (κ2) is 5.71. The second-order valence-corrected chi connectivity index (χ2v) is 8.55. The number of nitrogens with zero attached hydrogens (tertiary/aromatic N) is 1. The standard InChI is InChI=1S/C11H13BrClNO2S2/c1-14(9-4-5-17-7-9)18(15,16)11-3-2-8(12)6-10(11)13/h2-3,6,9H,4-5,7H2,1H3. The quantitative estimate of drug-likeness (QED) is 0.820. The molecule has 0 bridgehead atoms. The molecule has 0 radical (unpaired) electrons. The van der Waals surface area contributed by atoms with E-state index in [0.717, 1.165) is 22.4 Å². The lowest BCUT2D eigenvalue weighted by atomic mass is 10.3. The number of rotatable bonds is 3. The van der Waals surface area contributed by atoms with Crippen LogP contribution in [0.2, 0.25) is 5.02 Å². The summed E-state index contributed by atoms with van der Waals surface area (Å²) < 4.78 is 27.2. The summed E-state index contributed by atoms with van der Waals surface area (Å²) in [6.45, 7) is 0. The lowest BCUT2D eigenvalue weighted by Gasteiger charge is -2.23. The van der Waals surface area contributed by atoms with Gasteiger partial charge in [-0.05, 0) is 30.4 Å². The van der Waals surface area contributed by atoms with Gasteiger partial charge in [-0.2, -0.15) is 16.1 Å². The highest BCUT2D eigenvalue weighted by Crippen LogP contribution is 2.30. The Morgan fingerprint density at radius 3 is 2.78 bits per heavy atom. The van der Waals surface area contributed by atoms with Gasteiger partial charge in [0.25, 0.3) is 0 Å². The van der Waals surface area contributed by atoms with Crippen molar-refractivity contribution < 1.29 is 8.42 Å². The van der Waals surface area contributed by atoms with Crippen molar-refractivity contribution in [2.24, 2.45) is 0 Å². The van der Waals surface area contributed by atoms with Crippen LogP contribution in [0.15, 0.2) is 27.6 Å². The van der Waals surface area contributed by atoms with E-state index in [1.54, 1.807) is 37.0 Å². The van der Waals surface area contributed by atoms with Gasteiger partial charge in [0.1, 0.15) is 4.90 Å². The molecule has 7 heteroatoms. The fourth-order valence-corrected chi connectivity index (χ4v) is 5.60. The van der Waals surface area contributed by atoms with Gasteiger partial charge in [0.15, 0.2) is 0 Å². The van der Waals surface area contributed by atoms with Crippen molar-refractivity contribution in [2.75, 3.05) is 18.6 Å². The van der Waals surface area contributed by atoms with Crippen LogP contribution in [0, 0.1) is 0 Å². The average molecular weight is 371 g/mol. The summed E-state index contributed by atoms with van der Waals surface area (Å²) in [4.78, 5) is 0.173. The molecule has 0 aromatic heterocycles. The van der Waals surface area contributed by atoms with Crippen molar-refractivity contribution in [1.82, 2.24) is 4.31 Å². The van der Waals surface area contributed by atoms with E-state index in [-0.39, 0.29) is 16.0 Å². The van der Waals surface area contributed by atoms with Crippen LogP contribution in [0.4, 0.5) is 0 Å². The molecule has 0 N–H and O–H groups in total. The number of hydrogen-bond donors (Lipinski definition) is 0. The highest BCUT2D eigenvalue weighted by molar-refractivity contribution is 9.10. The molecule has 3 nitrogen and oxygen atoms in total. The lowest BCUT2D eigenvalue weighted by molar-refractivity contribution is 0.394. The maximum absolute atomic E-state index is 12.5. The summed E-state index contributed by atoms with van der Waals surface area (Å²) >= 11 is 11.1. The monoisotopic (exact) mass is 369 g/mol. The maximum Gasteiger partial charge on any atom is 0.244 e. The zero-order chi connectivity index (χ0) is 13.3. The first-order valence-electron chi connectivity index (χ1n) is 5.44. The third-order valence-electron chi connectivity index (χ3n) is 2.97. The van der Waals surface area contributed by atoms with Crippen LogP contribution >= 0.6 is 39.3 Å². The van der Waals surface area contributed by atoms with Gasteiger partial charge in [0.2, 0.25) is 10.0 Å². The smallest absolute Gasteiger partial charge is 0.207 e. The number of sulfonamides is 1. The minimum Gasteiger partial charge on any atom is -0.207 e. The van der Waals surface area contributed by atoms with Crippen molar-refractivity contribution in [3.8, 4) is 0 Å². The first kappa shape index (κ1) is 14.7. The minimum atomic E-state index is -3.50. The van der Waals surface area contributed by atoms with Crippen molar-refractivity contribution in [3.05, 3.63) is 27.7 Å². The topological polar surface area (TPSA) is 37.4 Å². The van der Waals surface area contributed by atoms with Gasteiger partial charge in [0.05, 0.1) is 5.02 Å². The van der Waals surface area contributed by atoms with Gasteiger partial charge >= 0.3 is 0 Å². The van der Waals surface area contributed by atoms with Crippen molar-refractivity contribution in [1.29, 1.82) is 0 Å². The highest BCUT2D eigenvalue weighted by Gasteiger charge is 2.31. The molecule has 1 unspecified atom stereocenters. The molecule has 1 saturated heterocycles. The van der Waals surface area contributed by atoms with Gasteiger partial charge in [0, 0.05) is 23.3 Å². The molecule has 0 amide bonds. The molecule has 1 aromatic rings. The SMILES string of the molecule is CN(C1CCSC1)S(=O)(=O)c1ccc(Br)cc1Cl. The van der Waals surface area contributed by atoms with Crippen molar-refractivity contribution in [3.63, 3.8) is 0 Å². The Labute approximate surface area is 125 Å². The van der Waals surface area contributed by atoms with Crippen LogP contribution in [-0.2, 0) is 10.0 Å². The minimum absolute atomic E-state index is 0.0692. The van der Waals surface area contributed by atoms with Crippen LogP contribution < -0.4 is 0 Å². The molecule has 1 atom stereocenters. The zero-order valence-corrected chi connectivity index (χ0v) is 13.7. The zero-order valence-electron chi connectivity index (χ0n) is 9.77. The molecule has 0 aliphatic carbocycles. The fourth-order valence-electron chi connectivity index (χ4n) is 1.84. The highest BCUT2D eigenvalue weighted by atomic mass is 79.9. The molecular formula is C11H13BrClNO2S2. The Bertz CT molecular complexity index is 544. The Morgan fingerprint density at radius 2 is 2.22 bits per heavy atom. The molecule has 1 aliphatic rings. The van der Waals surface area contributed by atoms with E-state index in [9.17, 15) is 8.42 Å². The Balaban J connectivity index is 2.35.